The highest BCUT2D eigenvalue weighted by molar-refractivity contribution is 5.76. The van der Waals surface area contributed by atoms with Crippen molar-refractivity contribution in [3.8, 4) is 0 Å². The summed E-state index contributed by atoms with van der Waals surface area (Å²) in [6, 6.07) is 4.54. The van der Waals surface area contributed by atoms with Crippen LogP contribution in [-0.2, 0) is 16.1 Å². The lowest BCUT2D eigenvalue weighted by Crippen LogP contribution is -2.34. The second-order valence-electron chi connectivity index (χ2n) is 4.64. The normalized spacial score (nSPS) is 18.3. The fourth-order valence-corrected chi connectivity index (χ4v) is 2.40. The molecule has 2 aromatic rings. The van der Waals surface area contributed by atoms with Crippen LogP contribution in [-0.4, -0.2) is 28.6 Å². The van der Waals surface area contributed by atoms with E-state index in [1.54, 1.807) is 6.07 Å². The van der Waals surface area contributed by atoms with Crippen molar-refractivity contribution in [1.82, 2.24) is 14.9 Å². The largest absolute Gasteiger partial charge is 0.371 e. The first-order valence-electron chi connectivity index (χ1n) is 6.13. The van der Waals surface area contributed by atoms with E-state index in [2.05, 4.69) is 10.3 Å². The Morgan fingerprint density at radius 3 is 3.26 bits per heavy atom. The minimum atomic E-state index is -0.303. The molecule has 0 aliphatic carbocycles. The van der Waals surface area contributed by atoms with E-state index in [4.69, 9.17) is 4.74 Å². The highest BCUT2D eigenvalue weighted by atomic mass is 19.1. The van der Waals surface area contributed by atoms with Gasteiger partial charge in [-0.1, -0.05) is 0 Å². The van der Waals surface area contributed by atoms with Gasteiger partial charge in [0, 0.05) is 19.5 Å². The van der Waals surface area contributed by atoms with E-state index in [1.807, 2.05) is 4.57 Å². The summed E-state index contributed by atoms with van der Waals surface area (Å²) in [5.41, 5.74) is 1.49. The lowest BCUT2D eigenvalue weighted by molar-refractivity contribution is -0.119. The fraction of sp³-hybridized carbons (Fsp3) is 0.385. The minimum Gasteiger partial charge on any atom is -0.371 e. The third-order valence-corrected chi connectivity index (χ3v) is 3.22. The van der Waals surface area contributed by atoms with Gasteiger partial charge in [0.2, 0.25) is 5.91 Å². The molecule has 1 aromatic carbocycles. The zero-order valence-electron chi connectivity index (χ0n) is 10.5. The van der Waals surface area contributed by atoms with Gasteiger partial charge in [0.1, 0.15) is 18.2 Å². The maximum atomic E-state index is 13.2. The standard InChI is InChI=1S/C13H14FN3O2/c1-8(18)15-5-10-6-19-7-13-16-11-4-9(14)2-3-12(11)17(10)13/h2-4,10H,5-7H2,1H3,(H,15,18)/t10-/m0/s1. The van der Waals surface area contributed by atoms with Crippen LogP contribution in [0.5, 0.6) is 0 Å². The highest BCUT2D eigenvalue weighted by Gasteiger charge is 2.24. The van der Waals surface area contributed by atoms with Crippen molar-refractivity contribution in [2.75, 3.05) is 13.2 Å². The van der Waals surface area contributed by atoms with E-state index in [-0.39, 0.29) is 17.8 Å². The van der Waals surface area contributed by atoms with Gasteiger partial charge in [0.05, 0.1) is 23.7 Å². The second kappa shape index (κ2) is 4.62. The maximum absolute atomic E-state index is 13.2. The number of hydrogen-bond acceptors (Lipinski definition) is 3. The fourth-order valence-electron chi connectivity index (χ4n) is 2.40. The Morgan fingerprint density at radius 2 is 2.47 bits per heavy atom. The van der Waals surface area contributed by atoms with E-state index in [0.29, 0.717) is 25.3 Å². The van der Waals surface area contributed by atoms with Gasteiger partial charge in [-0.15, -0.1) is 0 Å². The van der Waals surface area contributed by atoms with Gasteiger partial charge in [0.15, 0.2) is 0 Å². The number of aromatic nitrogens is 2. The molecule has 3 rings (SSSR count). The monoisotopic (exact) mass is 263 g/mol. The van der Waals surface area contributed by atoms with E-state index in [1.165, 1.54) is 19.1 Å². The molecule has 0 saturated carbocycles. The van der Waals surface area contributed by atoms with Gasteiger partial charge < -0.3 is 14.6 Å². The van der Waals surface area contributed by atoms with Crippen LogP contribution in [0.3, 0.4) is 0 Å². The molecule has 1 atom stereocenters. The molecule has 5 nitrogen and oxygen atoms in total. The summed E-state index contributed by atoms with van der Waals surface area (Å²) in [6.45, 7) is 2.88. The first kappa shape index (κ1) is 12.1. The first-order chi connectivity index (χ1) is 9.15. The van der Waals surface area contributed by atoms with Crippen molar-refractivity contribution in [2.24, 2.45) is 0 Å². The summed E-state index contributed by atoms with van der Waals surface area (Å²) in [7, 11) is 0. The van der Waals surface area contributed by atoms with E-state index < -0.39 is 0 Å². The molecule has 0 spiro atoms. The van der Waals surface area contributed by atoms with Crippen LogP contribution in [0.25, 0.3) is 11.0 Å². The third kappa shape index (κ3) is 2.19. The van der Waals surface area contributed by atoms with Gasteiger partial charge in [0.25, 0.3) is 0 Å². The van der Waals surface area contributed by atoms with Crippen molar-refractivity contribution < 1.29 is 13.9 Å². The summed E-state index contributed by atoms with van der Waals surface area (Å²) in [5.74, 6) is 0.382. The number of fused-ring (bicyclic) bond motifs is 3. The number of benzene rings is 1. The van der Waals surface area contributed by atoms with Crippen LogP contribution in [0, 0.1) is 5.82 Å². The summed E-state index contributed by atoms with van der Waals surface area (Å²) in [6.07, 6.45) is 0. The number of halogens is 1. The Balaban J connectivity index is 2.02. The minimum absolute atomic E-state index is 0.0110. The van der Waals surface area contributed by atoms with Crippen molar-refractivity contribution >= 4 is 16.9 Å². The topological polar surface area (TPSA) is 56.1 Å². The average molecular weight is 263 g/mol. The zero-order chi connectivity index (χ0) is 13.4. The zero-order valence-corrected chi connectivity index (χ0v) is 10.5. The lowest BCUT2D eigenvalue weighted by atomic mass is 10.2. The van der Waals surface area contributed by atoms with Crippen LogP contribution in [0.15, 0.2) is 18.2 Å². The highest BCUT2D eigenvalue weighted by Crippen LogP contribution is 2.26. The van der Waals surface area contributed by atoms with E-state index >= 15 is 0 Å². The number of carbonyl (C=O) groups is 1. The first-order valence-corrected chi connectivity index (χ1v) is 6.13. The quantitative estimate of drug-likeness (QED) is 0.890. The molecule has 100 valence electrons. The predicted molar refractivity (Wildman–Crippen MR) is 67.1 cm³/mol. The molecule has 0 bridgehead atoms. The van der Waals surface area contributed by atoms with E-state index in [0.717, 1.165) is 11.3 Å². The molecule has 0 unspecified atom stereocenters. The Kier molecular flexibility index (Phi) is 2.94. The number of nitrogens with one attached hydrogen (secondary N) is 1. The summed E-state index contributed by atoms with van der Waals surface area (Å²) in [5, 5.41) is 2.78. The molecule has 19 heavy (non-hydrogen) atoms. The smallest absolute Gasteiger partial charge is 0.216 e. The summed E-state index contributed by atoms with van der Waals surface area (Å²) >= 11 is 0. The Bertz CT molecular complexity index is 638. The Morgan fingerprint density at radius 1 is 1.63 bits per heavy atom. The predicted octanol–water partition coefficient (Wildman–Crippen LogP) is 1.38. The number of carbonyl (C=O) groups excluding carboxylic acids is 1. The van der Waals surface area contributed by atoms with Crippen LogP contribution >= 0.6 is 0 Å². The van der Waals surface area contributed by atoms with Crippen LogP contribution in [0.4, 0.5) is 4.39 Å². The molecule has 0 saturated heterocycles. The number of nitrogens with zero attached hydrogens (tertiary/aromatic N) is 2. The molecule has 0 radical (unpaired) electrons. The van der Waals surface area contributed by atoms with Crippen molar-refractivity contribution in [1.29, 1.82) is 0 Å². The SMILES string of the molecule is CC(=O)NC[C@H]1COCc2nc3cc(F)ccc3n21. The summed E-state index contributed by atoms with van der Waals surface area (Å²) < 4.78 is 20.7. The average Bonchev–Trinajstić information content (AvgIpc) is 2.73. The molecule has 0 fully saturated rings. The van der Waals surface area contributed by atoms with Gasteiger partial charge in [-0.25, -0.2) is 9.37 Å². The number of imidazole rings is 1. The maximum Gasteiger partial charge on any atom is 0.216 e. The molecular formula is C13H14FN3O2. The molecule has 1 aromatic heterocycles. The van der Waals surface area contributed by atoms with Gasteiger partial charge in [-0.05, 0) is 12.1 Å². The number of ether oxygens (including phenoxy) is 1. The lowest BCUT2D eigenvalue weighted by Gasteiger charge is -2.26. The van der Waals surface area contributed by atoms with Crippen LogP contribution in [0.2, 0.25) is 0 Å². The van der Waals surface area contributed by atoms with Gasteiger partial charge >= 0.3 is 0 Å². The number of amides is 1. The Labute approximate surface area is 109 Å². The molecule has 2 heterocycles. The van der Waals surface area contributed by atoms with Gasteiger partial charge in [-0.2, -0.15) is 0 Å². The van der Waals surface area contributed by atoms with Crippen molar-refractivity contribution in [3.63, 3.8) is 0 Å². The molecule has 1 aliphatic rings. The van der Waals surface area contributed by atoms with Crippen molar-refractivity contribution in [2.45, 2.75) is 19.6 Å². The van der Waals surface area contributed by atoms with Crippen LogP contribution < -0.4 is 5.32 Å². The van der Waals surface area contributed by atoms with Crippen LogP contribution in [0.1, 0.15) is 18.8 Å². The van der Waals surface area contributed by atoms with Gasteiger partial charge in [-0.3, -0.25) is 4.79 Å². The number of hydrogen-bond donors (Lipinski definition) is 1. The molecule has 1 N–H and O–H groups in total. The second-order valence-corrected chi connectivity index (χ2v) is 4.64. The summed E-state index contributed by atoms with van der Waals surface area (Å²) in [4.78, 5) is 15.4. The number of rotatable bonds is 2. The van der Waals surface area contributed by atoms with E-state index in [9.17, 15) is 9.18 Å². The molecule has 6 heteroatoms. The molecular weight excluding hydrogens is 249 g/mol. The third-order valence-electron chi connectivity index (χ3n) is 3.22. The van der Waals surface area contributed by atoms with Crippen molar-refractivity contribution in [3.05, 3.63) is 29.8 Å². The Hall–Kier alpha value is -1.95. The molecule has 1 amide bonds. The molecule has 1 aliphatic heterocycles.